The van der Waals surface area contributed by atoms with E-state index in [4.69, 9.17) is 15.2 Å². The van der Waals surface area contributed by atoms with E-state index in [0.717, 1.165) is 17.7 Å². The number of rotatable bonds is 4. The van der Waals surface area contributed by atoms with Crippen LogP contribution in [0.3, 0.4) is 0 Å². The molecule has 0 aliphatic carbocycles. The number of amides is 1. The molecule has 0 bridgehead atoms. The second-order valence-corrected chi connectivity index (χ2v) is 10.5. The number of benzene rings is 2. The molecule has 2 aromatic rings. The molecule has 0 aromatic heterocycles. The molecule has 2 aromatic carbocycles. The number of carbonyl (C=O) groups excluding carboxylic acids is 3. The number of nitriles is 1. The van der Waals surface area contributed by atoms with Crippen molar-refractivity contribution >= 4 is 29.2 Å². The smallest absolute Gasteiger partial charge is 0.355 e. The molecule has 0 saturated heterocycles. The Kier molecular flexibility index (Phi) is 7.50. The molecule has 1 atom stereocenters. The van der Waals surface area contributed by atoms with Gasteiger partial charge < -0.3 is 20.1 Å². The quantitative estimate of drug-likeness (QED) is 0.592. The van der Waals surface area contributed by atoms with Crippen molar-refractivity contribution in [2.75, 3.05) is 30.6 Å². The summed E-state index contributed by atoms with van der Waals surface area (Å²) in [5.41, 5.74) is 8.69. The van der Waals surface area contributed by atoms with Gasteiger partial charge in [0.15, 0.2) is 0 Å². The standard InChI is InChI=1S/C30H32N4O5/c1-30(2,3)29(37)33-15-9-12-19-16-20(13-14-22(19)33)34-25(28(36)39-5)24(27(35)38-4)23(21(17-31)26(34)32)18-10-7-6-8-11-18/h6-8,10-11,13-14,16,23H,9,12,15,32H2,1-5H3. The highest BCUT2D eigenvalue weighted by atomic mass is 16.5. The van der Waals surface area contributed by atoms with Crippen LogP contribution in [0.4, 0.5) is 11.4 Å². The van der Waals surface area contributed by atoms with Gasteiger partial charge in [0.1, 0.15) is 11.5 Å². The first kappa shape index (κ1) is 27.5. The maximum atomic E-state index is 13.3. The zero-order valence-corrected chi connectivity index (χ0v) is 22.8. The minimum atomic E-state index is -0.938. The number of hydrogen-bond donors (Lipinski definition) is 1. The third-order valence-electron chi connectivity index (χ3n) is 6.94. The topological polar surface area (TPSA) is 126 Å². The van der Waals surface area contributed by atoms with Crippen molar-refractivity contribution in [3.8, 4) is 6.07 Å². The summed E-state index contributed by atoms with van der Waals surface area (Å²) in [7, 11) is 2.42. The number of aryl methyl sites for hydroxylation is 1. The van der Waals surface area contributed by atoms with Crippen LogP contribution in [0, 0.1) is 16.7 Å². The van der Waals surface area contributed by atoms with Gasteiger partial charge in [-0.3, -0.25) is 9.69 Å². The number of hydrogen-bond acceptors (Lipinski definition) is 8. The van der Waals surface area contributed by atoms with Crippen LogP contribution in [0.2, 0.25) is 0 Å². The van der Waals surface area contributed by atoms with Gasteiger partial charge in [0.25, 0.3) is 0 Å². The largest absolute Gasteiger partial charge is 0.466 e. The summed E-state index contributed by atoms with van der Waals surface area (Å²) in [5, 5.41) is 10.2. The van der Waals surface area contributed by atoms with Crippen LogP contribution in [0.25, 0.3) is 0 Å². The minimum absolute atomic E-state index is 0.00205. The van der Waals surface area contributed by atoms with Crippen molar-refractivity contribution in [2.45, 2.75) is 39.5 Å². The lowest BCUT2D eigenvalue weighted by molar-refractivity contribution is -0.139. The number of carbonyl (C=O) groups is 3. The summed E-state index contributed by atoms with van der Waals surface area (Å²) in [6, 6.07) is 16.4. The molecule has 0 saturated carbocycles. The van der Waals surface area contributed by atoms with Crippen LogP contribution in [0.5, 0.6) is 0 Å². The highest BCUT2D eigenvalue weighted by Gasteiger charge is 2.43. The molecule has 0 radical (unpaired) electrons. The SMILES string of the molecule is COC(=O)C1=C(C(=O)OC)N(c2ccc3c(c2)CCCN3C(=O)C(C)(C)C)C(N)=C(C#N)C1c1ccccc1. The molecule has 9 heteroatoms. The number of methoxy groups -OCH3 is 2. The highest BCUT2D eigenvalue weighted by Crippen LogP contribution is 2.44. The van der Waals surface area contributed by atoms with E-state index in [2.05, 4.69) is 6.07 Å². The Morgan fingerprint density at radius 3 is 2.28 bits per heavy atom. The molecule has 2 aliphatic heterocycles. The van der Waals surface area contributed by atoms with Gasteiger partial charge in [0.2, 0.25) is 5.91 Å². The maximum Gasteiger partial charge on any atom is 0.355 e. The molecular formula is C30H32N4O5. The number of esters is 2. The Morgan fingerprint density at radius 2 is 1.69 bits per heavy atom. The number of fused-ring (bicyclic) bond motifs is 1. The fourth-order valence-electron chi connectivity index (χ4n) is 5.12. The summed E-state index contributed by atoms with van der Waals surface area (Å²) < 4.78 is 10.2. The summed E-state index contributed by atoms with van der Waals surface area (Å²) >= 11 is 0. The predicted octanol–water partition coefficient (Wildman–Crippen LogP) is 3.91. The van der Waals surface area contributed by atoms with E-state index in [1.54, 1.807) is 41.3 Å². The summed E-state index contributed by atoms with van der Waals surface area (Å²) in [6.07, 6.45) is 1.46. The Hall–Kier alpha value is -4.58. The van der Waals surface area contributed by atoms with Gasteiger partial charge >= 0.3 is 11.9 Å². The van der Waals surface area contributed by atoms with Crippen molar-refractivity contribution in [1.29, 1.82) is 5.26 Å². The van der Waals surface area contributed by atoms with Crippen LogP contribution in [0.1, 0.15) is 44.2 Å². The molecule has 1 amide bonds. The normalized spacial score (nSPS) is 17.4. The molecule has 4 rings (SSSR count). The Morgan fingerprint density at radius 1 is 1.03 bits per heavy atom. The first-order valence-corrected chi connectivity index (χ1v) is 12.7. The van der Waals surface area contributed by atoms with E-state index in [1.165, 1.54) is 19.1 Å². The van der Waals surface area contributed by atoms with Gasteiger partial charge in [-0.1, -0.05) is 51.1 Å². The first-order chi connectivity index (χ1) is 18.5. The lowest BCUT2D eigenvalue weighted by Crippen LogP contribution is -2.43. The van der Waals surface area contributed by atoms with Gasteiger partial charge in [0.05, 0.1) is 37.4 Å². The molecule has 1 unspecified atom stereocenters. The van der Waals surface area contributed by atoms with E-state index < -0.39 is 23.3 Å². The van der Waals surface area contributed by atoms with Crippen LogP contribution in [0.15, 0.2) is 71.2 Å². The van der Waals surface area contributed by atoms with E-state index in [1.807, 2.05) is 32.9 Å². The van der Waals surface area contributed by atoms with E-state index in [-0.39, 0.29) is 28.6 Å². The third kappa shape index (κ3) is 4.86. The Balaban J connectivity index is 1.96. The van der Waals surface area contributed by atoms with Crippen molar-refractivity contribution in [2.24, 2.45) is 11.1 Å². The second kappa shape index (κ2) is 10.7. The third-order valence-corrected chi connectivity index (χ3v) is 6.94. The molecule has 2 heterocycles. The van der Waals surface area contributed by atoms with Gasteiger partial charge in [-0.15, -0.1) is 0 Å². The van der Waals surface area contributed by atoms with Crippen molar-refractivity contribution in [3.63, 3.8) is 0 Å². The predicted molar refractivity (Wildman–Crippen MR) is 146 cm³/mol. The first-order valence-electron chi connectivity index (χ1n) is 12.7. The van der Waals surface area contributed by atoms with Crippen molar-refractivity contribution in [3.05, 3.63) is 82.3 Å². The van der Waals surface area contributed by atoms with Gasteiger partial charge in [-0.05, 0) is 42.2 Å². The molecule has 2 N–H and O–H groups in total. The van der Waals surface area contributed by atoms with E-state index >= 15 is 0 Å². The summed E-state index contributed by atoms with van der Waals surface area (Å²) in [4.78, 5) is 42.8. The number of nitrogens with zero attached hydrogens (tertiary/aromatic N) is 3. The van der Waals surface area contributed by atoms with Crippen molar-refractivity contribution < 1.29 is 23.9 Å². The molecule has 0 spiro atoms. The number of allylic oxidation sites excluding steroid dienone is 1. The van der Waals surface area contributed by atoms with Gasteiger partial charge in [-0.2, -0.15) is 5.26 Å². The summed E-state index contributed by atoms with van der Waals surface area (Å²) in [5.74, 6) is -2.52. The van der Waals surface area contributed by atoms with Crippen LogP contribution < -0.4 is 15.5 Å². The second-order valence-electron chi connectivity index (χ2n) is 10.5. The van der Waals surface area contributed by atoms with Crippen LogP contribution in [-0.4, -0.2) is 38.6 Å². The molecule has 202 valence electrons. The fourth-order valence-corrected chi connectivity index (χ4v) is 5.12. The fraction of sp³-hybridized carbons (Fsp3) is 0.333. The van der Waals surface area contributed by atoms with Crippen molar-refractivity contribution in [1.82, 2.24) is 0 Å². The number of nitrogens with two attached hydrogens (primary N) is 1. The lowest BCUT2D eigenvalue weighted by Gasteiger charge is -2.37. The Labute approximate surface area is 228 Å². The number of anilines is 2. The van der Waals surface area contributed by atoms with E-state index in [9.17, 15) is 19.6 Å². The van der Waals surface area contributed by atoms with Gasteiger partial charge in [-0.25, -0.2) is 9.59 Å². The molecule has 39 heavy (non-hydrogen) atoms. The van der Waals surface area contributed by atoms with Crippen LogP contribution in [-0.2, 0) is 30.3 Å². The maximum absolute atomic E-state index is 13.3. The number of ether oxygens (including phenoxy) is 2. The monoisotopic (exact) mass is 528 g/mol. The average molecular weight is 529 g/mol. The zero-order valence-electron chi connectivity index (χ0n) is 22.8. The zero-order chi connectivity index (χ0) is 28.5. The molecule has 0 fully saturated rings. The Bertz CT molecular complexity index is 1430. The molecule has 9 nitrogen and oxygen atoms in total. The average Bonchev–Trinajstić information content (AvgIpc) is 2.94. The lowest BCUT2D eigenvalue weighted by atomic mass is 9.81. The summed E-state index contributed by atoms with van der Waals surface area (Å²) in [6.45, 7) is 6.24. The van der Waals surface area contributed by atoms with E-state index in [0.29, 0.717) is 24.2 Å². The molecular weight excluding hydrogens is 496 g/mol. The van der Waals surface area contributed by atoms with Crippen LogP contribution >= 0.6 is 0 Å². The highest BCUT2D eigenvalue weighted by molar-refractivity contribution is 6.06. The van der Waals surface area contributed by atoms with Gasteiger partial charge in [0, 0.05) is 23.3 Å². The minimum Gasteiger partial charge on any atom is -0.466 e. The molecule has 2 aliphatic rings.